The number of ether oxygens (including phenoxy) is 2. The molecule has 1 aliphatic heterocycles. The lowest BCUT2D eigenvalue weighted by atomic mass is 9.86. The quantitative estimate of drug-likeness (QED) is 0.869. The van der Waals surface area contributed by atoms with Gasteiger partial charge >= 0.3 is 0 Å². The van der Waals surface area contributed by atoms with Gasteiger partial charge in [-0.05, 0) is 42.5 Å². The molecule has 0 radical (unpaired) electrons. The van der Waals surface area contributed by atoms with E-state index in [1.54, 1.807) is 6.08 Å². The van der Waals surface area contributed by atoms with Crippen LogP contribution in [0.4, 0.5) is 0 Å². The third-order valence-electron chi connectivity index (χ3n) is 4.26. The molecule has 112 valence electrons. The molecule has 1 aromatic carbocycles. The molecule has 21 heavy (non-hydrogen) atoms. The van der Waals surface area contributed by atoms with Crippen LogP contribution in [-0.4, -0.2) is 18.7 Å². The van der Waals surface area contributed by atoms with Crippen LogP contribution in [0.15, 0.2) is 24.3 Å². The number of carbonyl (C=O) groups is 1. The summed E-state index contributed by atoms with van der Waals surface area (Å²) in [6.45, 7) is 2.48. The molecule has 3 rings (SSSR count). The van der Waals surface area contributed by atoms with Gasteiger partial charge in [0.15, 0.2) is 11.5 Å². The molecule has 1 aromatic rings. The van der Waals surface area contributed by atoms with E-state index in [2.05, 4.69) is 12.2 Å². The van der Waals surface area contributed by atoms with Gasteiger partial charge in [0, 0.05) is 12.1 Å². The van der Waals surface area contributed by atoms with Gasteiger partial charge in [0.2, 0.25) is 12.7 Å². The van der Waals surface area contributed by atoms with Gasteiger partial charge in [0.05, 0.1) is 0 Å². The highest BCUT2D eigenvalue weighted by atomic mass is 16.7. The van der Waals surface area contributed by atoms with Crippen molar-refractivity contribution in [2.75, 3.05) is 6.79 Å². The van der Waals surface area contributed by atoms with Gasteiger partial charge in [-0.25, -0.2) is 0 Å². The van der Waals surface area contributed by atoms with E-state index in [0.29, 0.717) is 12.0 Å². The van der Waals surface area contributed by atoms with E-state index >= 15 is 0 Å². The summed E-state index contributed by atoms with van der Waals surface area (Å²) in [5.74, 6) is 2.04. The van der Waals surface area contributed by atoms with Crippen molar-refractivity contribution in [3.8, 4) is 11.5 Å². The number of hydrogen-bond donors (Lipinski definition) is 1. The van der Waals surface area contributed by atoms with Crippen LogP contribution >= 0.6 is 0 Å². The summed E-state index contributed by atoms with van der Waals surface area (Å²) in [4.78, 5) is 12.0. The second kappa shape index (κ2) is 6.20. The smallest absolute Gasteiger partial charge is 0.244 e. The Morgan fingerprint density at radius 2 is 2.05 bits per heavy atom. The molecule has 0 bridgehead atoms. The Balaban J connectivity index is 1.59. The zero-order valence-corrected chi connectivity index (χ0v) is 12.3. The van der Waals surface area contributed by atoms with Crippen LogP contribution in [0.25, 0.3) is 6.08 Å². The molecule has 1 N–H and O–H groups in total. The molecule has 1 amide bonds. The van der Waals surface area contributed by atoms with Crippen LogP contribution in [0, 0.1) is 5.92 Å². The van der Waals surface area contributed by atoms with E-state index in [1.165, 1.54) is 19.3 Å². The molecule has 1 fully saturated rings. The number of rotatable bonds is 3. The molecule has 1 heterocycles. The zero-order chi connectivity index (χ0) is 14.7. The van der Waals surface area contributed by atoms with E-state index in [0.717, 1.165) is 23.5 Å². The van der Waals surface area contributed by atoms with Crippen LogP contribution in [-0.2, 0) is 4.79 Å². The largest absolute Gasteiger partial charge is 0.454 e. The fraction of sp³-hybridized carbons (Fsp3) is 0.471. The van der Waals surface area contributed by atoms with Gasteiger partial charge < -0.3 is 14.8 Å². The fourth-order valence-electron chi connectivity index (χ4n) is 2.95. The molecule has 2 atom stereocenters. The summed E-state index contributed by atoms with van der Waals surface area (Å²) in [7, 11) is 0. The number of fused-ring (bicyclic) bond motifs is 1. The molecule has 0 unspecified atom stereocenters. The van der Waals surface area contributed by atoms with E-state index in [4.69, 9.17) is 9.47 Å². The number of benzene rings is 1. The summed E-state index contributed by atoms with van der Waals surface area (Å²) in [6, 6.07) is 5.98. The van der Waals surface area contributed by atoms with Crippen molar-refractivity contribution in [1.82, 2.24) is 5.32 Å². The van der Waals surface area contributed by atoms with E-state index < -0.39 is 0 Å². The summed E-state index contributed by atoms with van der Waals surface area (Å²) in [5.41, 5.74) is 0.936. The maximum Gasteiger partial charge on any atom is 0.244 e. The second-order valence-corrected chi connectivity index (χ2v) is 5.82. The van der Waals surface area contributed by atoms with Crippen molar-refractivity contribution in [1.29, 1.82) is 0 Å². The van der Waals surface area contributed by atoms with Crippen molar-refractivity contribution in [3.63, 3.8) is 0 Å². The normalized spacial score (nSPS) is 24.2. The topological polar surface area (TPSA) is 47.6 Å². The average molecular weight is 287 g/mol. The molecule has 0 spiro atoms. The third kappa shape index (κ3) is 3.38. The Bertz CT molecular complexity index is 553. The first kappa shape index (κ1) is 14.0. The molecule has 0 saturated heterocycles. The number of carbonyl (C=O) groups excluding carboxylic acids is 1. The highest BCUT2D eigenvalue weighted by Gasteiger charge is 2.21. The van der Waals surface area contributed by atoms with Gasteiger partial charge in [-0.2, -0.15) is 0 Å². The van der Waals surface area contributed by atoms with Crippen LogP contribution in [0.2, 0.25) is 0 Å². The Morgan fingerprint density at radius 3 is 2.90 bits per heavy atom. The van der Waals surface area contributed by atoms with Gasteiger partial charge in [0.1, 0.15) is 0 Å². The van der Waals surface area contributed by atoms with E-state index in [9.17, 15) is 4.79 Å². The lowest BCUT2D eigenvalue weighted by Crippen LogP contribution is -2.40. The third-order valence-corrected chi connectivity index (χ3v) is 4.26. The highest BCUT2D eigenvalue weighted by molar-refractivity contribution is 5.92. The number of nitrogens with one attached hydrogen (secondary N) is 1. The first-order valence-electron chi connectivity index (χ1n) is 7.60. The monoisotopic (exact) mass is 287 g/mol. The minimum Gasteiger partial charge on any atom is -0.454 e. The van der Waals surface area contributed by atoms with Crippen molar-refractivity contribution < 1.29 is 14.3 Å². The summed E-state index contributed by atoms with van der Waals surface area (Å²) in [5, 5.41) is 3.11. The molecule has 0 aromatic heterocycles. The molecule has 4 nitrogen and oxygen atoms in total. The zero-order valence-electron chi connectivity index (χ0n) is 12.3. The van der Waals surface area contributed by atoms with Crippen LogP contribution in [0.1, 0.15) is 38.2 Å². The van der Waals surface area contributed by atoms with Crippen molar-refractivity contribution in [3.05, 3.63) is 29.8 Å². The Hall–Kier alpha value is -1.97. The molecule has 1 aliphatic carbocycles. The maximum atomic E-state index is 12.0. The molecule has 4 heteroatoms. The lowest BCUT2D eigenvalue weighted by Gasteiger charge is -2.29. The van der Waals surface area contributed by atoms with Crippen LogP contribution < -0.4 is 14.8 Å². The standard InChI is InChI=1S/C17H21NO3/c1-12-4-2-3-5-14(12)18-17(19)9-7-13-6-8-15-16(10-13)21-11-20-15/h6-10,12,14H,2-5,11H2,1H3,(H,18,19)/b9-7+/t12-,14-/m1/s1. The molecular weight excluding hydrogens is 266 g/mol. The van der Waals surface area contributed by atoms with Crippen molar-refractivity contribution in [2.45, 2.75) is 38.6 Å². The lowest BCUT2D eigenvalue weighted by molar-refractivity contribution is -0.117. The van der Waals surface area contributed by atoms with Crippen molar-refractivity contribution in [2.24, 2.45) is 5.92 Å². The van der Waals surface area contributed by atoms with Gasteiger partial charge in [0.25, 0.3) is 0 Å². The number of amides is 1. The van der Waals surface area contributed by atoms with Gasteiger partial charge in [-0.3, -0.25) is 4.79 Å². The van der Waals surface area contributed by atoms with Crippen molar-refractivity contribution >= 4 is 12.0 Å². The predicted octanol–water partition coefficient (Wildman–Crippen LogP) is 3.12. The minimum atomic E-state index is -0.0218. The first-order chi connectivity index (χ1) is 10.2. The van der Waals surface area contributed by atoms with Crippen LogP contribution in [0.5, 0.6) is 11.5 Å². The fourth-order valence-corrected chi connectivity index (χ4v) is 2.95. The van der Waals surface area contributed by atoms with E-state index in [-0.39, 0.29) is 12.7 Å². The van der Waals surface area contributed by atoms with Gasteiger partial charge in [-0.15, -0.1) is 0 Å². The summed E-state index contributed by atoms with van der Waals surface area (Å²) >= 11 is 0. The van der Waals surface area contributed by atoms with Gasteiger partial charge in [-0.1, -0.05) is 25.8 Å². The molecule has 2 aliphatic rings. The first-order valence-corrected chi connectivity index (χ1v) is 7.60. The Morgan fingerprint density at radius 1 is 1.24 bits per heavy atom. The summed E-state index contributed by atoms with van der Waals surface area (Å²) < 4.78 is 10.6. The summed E-state index contributed by atoms with van der Waals surface area (Å²) in [6.07, 6.45) is 8.19. The minimum absolute atomic E-state index is 0.0218. The second-order valence-electron chi connectivity index (χ2n) is 5.82. The Labute approximate surface area is 125 Å². The highest BCUT2D eigenvalue weighted by Crippen LogP contribution is 2.32. The van der Waals surface area contributed by atoms with E-state index in [1.807, 2.05) is 24.3 Å². The SMILES string of the molecule is C[C@@H]1CCCC[C@H]1NC(=O)/C=C/c1ccc2c(c1)OCO2. The number of hydrogen-bond acceptors (Lipinski definition) is 3. The molecule has 1 saturated carbocycles. The Kier molecular flexibility index (Phi) is 4.13. The maximum absolute atomic E-state index is 12.0. The average Bonchev–Trinajstić information content (AvgIpc) is 2.95. The van der Waals surface area contributed by atoms with Crippen LogP contribution in [0.3, 0.4) is 0 Å². The molecular formula is C17H21NO3. The predicted molar refractivity (Wildman–Crippen MR) is 81.2 cm³/mol.